The van der Waals surface area contributed by atoms with Crippen molar-refractivity contribution in [2.24, 2.45) is 5.73 Å². The largest absolute Gasteiger partial charge is 0.348 e. The monoisotopic (exact) mass is 333 g/mol. The molecule has 1 amide bonds. The van der Waals surface area contributed by atoms with E-state index in [1.807, 2.05) is 20.0 Å². The van der Waals surface area contributed by atoms with E-state index in [1.165, 1.54) is 32.1 Å². The lowest BCUT2D eigenvalue weighted by atomic mass is 10.0. The van der Waals surface area contributed by atoms with E-state index in [0.29, 0.717) is 0 Å². The molecule has 0 aromatic carbocycles. The molecular weight excluding hydrogens is 302 g/mol. The molecule has 0 aliphatic carbocycles. The minimum absolute atomic E-state index is 0.165. The number of aryl methyl sites for hydroxylation is 1. The van der Waals surface area contributed by atoms with Gasteiger partial charge in [0.2, 0.25) is 11.9 Å². The van der Waals surface area contributed by atoms with E-state index < -0.39 is 5.54 Å². The van der Waals surface area contributed by atoms with Crippen LogP contribution < -0.4 is 16.0 Å². The first-order valence-electron chi connectivity index (χ1n) is 8.97. The third-order valence-corrected chi connectivity index (χ3v) is 4.54. The normalized spacial score (nSPS) is 17.8. The molecule has 6 heteroatoms. The van der Waals surface area contributed by atoms with Crippen LogP contribution in [0.2, 0.25) is 0 Å². The molecule has 24 heavy (non-hydrogen) atoms. The van der Waals surface area contributed by atoms with Crippen LogP contribution in [0.5, 0.6) is 0 Å². The molecule has 0 bridgehead atoms. The first kappa shape index (κ1) is 18.6. The molecule has 2 heterocycles. The van der Waals surface area contributed by atoms with Gasteiger partial charge in [-0.25, -0.2) is 9.97 Å². The molecule has 134 valence electrons. The summed E-state index contributed by atoms with van der Waals surface area (Å²) in [6.07, 6.45) is 8.13. The van der Waals surface area contributed by atoms with E-state index >= 15 is 0 Å². The van der Waals surface area contributed by atoms with Gasteiger partial charge in [-0.2, -0.15) is 0 Å². The van der Waals surface area contributed by atoms with E-state index in [2.05, 4.69) is 15.2 Å². The fraction of sp³-hybridized carbons (Fsp3) is 0.722. The highest BCUT2D eigenvalue weighted by atomic mass is 16.2. The van der Waals surface area contributed by atoms with Crippen LogP contribution in [0.3, 0.4) is 0 Å². The summed E-state index contributed by atoms with van der Waals surface area (Å²) in [5, 5.41) is 2.94. The minimum atomic E-state index is -0.895. The van der Waals surface area contributed by atoms with Gasteiger partial charge < -0.3 is 16.0 Å². The first-order chi connectivity index (χ1) is 11.3. The Kier molecular flexibility index (Phi) is 6.15. The van der Waals surface area contributed by atoms with E-state index in [1.54, 1.807) is 13.8 Å². The summed E-state index contributed by atoms with van der Waals surface area (Å²) in [6.45, 7) is 9.34. The summed E-state index contributed by atoms with van der Waals surface area (Å²) in [7, 11) is 0. The molecule has 1 aliphatic rings. The van der Waals surface area contributed by atoms with Crippen LogP contribution in [-0.2, 0) is 4.79 Å². The van der Waals surface area contributed by atoms with Gasteiger partial charge in [-0.05, 0) is 40.5 Å². The van der Waals surface area contributed by atoms with E-state index in [-0.39, 0.29) is 11.9 Å². The summed E-state index contributed by atoms with van der Waals surface area (Å²) in [5.74, 6) is 0.623. The molecule has 1 atom stereocenters. The average Bonchev–Trinajstić information content (AvgIpc) is 2.45. The zero-order valence-corrected chi connectivity index (χ0v) is 15.4. The Labute approximate surface area is 145 Å². The van der Waals surface area contributed by atoms with Gasteiger partial charge in [0, 0.05) is 30.5 Å². The molecule has 1 saturated heterocycles. The van der Waals surface area contributed by atoms with Crippen molar-refractivity contribution in [2.45, 2.75) is 71.4 Å². The number of carbonyl (C=O) groups is 1. The number of anilines is 1. The van der Waals surface area contributed by atoms with Gasteiger partial charge in [0.25, 0.3) is 0 Å². The molecule has 1 aromatic rings. The Hall–Kier alpha value is -1.69. The number of amides is 1. The topological polar surface area (TPSA) is 84.1 Å². The van der Waals surface area contributed by atoms with Crippen LogP contribution in [0.25, 0.3) is 0 Å². The van der Waals surface area contributed by atoms with Crippen molar-refractivity contribution in [3.8, 4) is 0 Å². The van der Waals surface area contributed by atoms with Crippen molar-refractivity contribution in [3.63, 3.8) is 0 Å². The molecule has 1 aliphatic heterocycles. The lowest BCUT2D eigenvalue weighted by molar-refractivity contribution is -0.125. The van der Waals surface area contributed by atoms with Crippen LogP contribution >= 0.6 is 0 Å². The lowest BCUT2D eigenvalue weighted by Crippen LogP contribution is -2.49. The van der Waals surface area contributed by atoms with Crippen molar-refractivity contribution in [1.82, 2.24) is 15.3 Å². The highest BCUT2D eigenvalue weighted by molar-refractivity contribution is 5.85. The molecule has 0 radical (unpaired) electrons. The average molecular weight is 333 g/mol. The van der Waals surface area contributed by atoms with Crippen molar-refractivity contribution < 1.29 is 4.79 Å². The highest BCUT2D eigenvalue weighted by Gasteiger charge is 2.24. The van der Waals surface area contributed by atoms with Gasteiger partial charge >= 0.3 is 0 Å². The number of hydrogen-bond acceptors (Lipinski definition) is 5. The predicted molar refractivity (Wildman–Crippen MR) is 96.9 cm³/mol. The van der Waals surface area contributed by atoms with Gasteiger partial charge in [-0.3, -0.25) is 4.79 Å². The lowest BCUT2D eigenvalue weighted by Gasteiger charge is -2.26. The van der Waals surface area contributed by atoms with E-state index in [9.17, 15) is 4.79 Å². The molecule has 3 N–H and O–H groups in total. The Morgan fingerprint density at radius 1 is 1.25 bits per heavy atom. The number of nitrogens with zero attached hydrogens (tertiary/aromatic N) is 3. The van der Waals surface area contributed by atoms with Gasteiger partial charge in [0.15, 0.2) is 0 Å². The summed E-state index contributed by atoms with van der Waals surface area (Å²) in [6, 6.07) is -0.165. The third kappa shape index (κ3) is 4.90. The van der Waals surface area contributed by atoms with Crippen LogP contribution in [-0.4, -0.2) is 34.5 Å². The number of carbonyl (C=O) groups excluding carboxylic acids is 1. The van der Waals surface area contributed by atoms with Gasteiger partial charge in [0.05, 0.1) is 11.6 Å². The highest BCUT2D eigenvalue weighted by Crippen LogP contribution is 2.20. The van der Waals surface area contributed by atoms with E-state index in [0.717, 1.165) is 30.3 Å². The van der Waals surface area contributed by atoms with Crippen molar-refractivity contribution in [1.29, 1.82) is 0 Å². The fourth-order valence-corrected chi connectivity index (χ4v) is 2.95. The maximum absolute atomic E-state index is 12.1. The molecule has 0 spiro atoms. The maximum Gasteiger partial charge on any atom is 0.239 e. The van der Waals surface area contributed by atoms with Gasteiger partial charge in [0.1, 0.15) is 0 Å². The van der Waals surface area contributed by atoms with Crippen molar-refractivity contribution in [2.75, 3.05) is 18.0 Å². The fourth-order valence-electron chi connectivity index (χ4n) is 2.95. The second kappa shape index (κ2) is 7.92. The minimum Gasteiger partial charge on any atom is -0.348 e. The predicted octanol–water partition coefficient (Wildman–Crippen LogP) is 2.47. The smallest absolute Gasteiger partial charge is 0.239 e. The van der Waals surface area contributed by atoms with Crippen LogP contribution in [0.4, 0.5) is 5.95 Å². The maximum atomic E-state index is 12.1. The standard InChI is InChI=1S/C18H31N5O/c1-13(21-16(24)18(3,4)19)15-12-20-17(22-14(15)2)23-10-8-6-5-7-9-11-23/h12-13H,5-11,19H2,1-4H3,(H,21,24)/t13-/m1/s1. The third-order valence-electron chi connectivity index (χ3n) is 4.54. The van der Waals surface area contributed by atoms with E-state index in [4.69, 9.17) is 10.7 Å². The molecule has 1 aromatic heterocycles. The second-order valence-corrected chi connectivity index (χ2v) is 7.38. The summed E-state index contributed by atoms with van der Waals surface area (Å²) in [4.78, 5) is 23.6. The quantitative estimate of drug-likeness (QED) is 0.884. The van der Waals surface area contributed by atoms with Gasteiger partial charge in [-0.1, -0.05) is 19.3 Å². The second-order valence-electron chi connectivity index (χ2n) is 7.38. The zero-order chi connectivity index (χ0) is 17.7. The van der Waals surface area contributed by atoms with Crippen molar-refractivity contribution >= 4 is 11.9 Å². The van der Waals surface area contributed by atoms with Gasteiger partial charge in [-0.15, -0.1) is 0 Å². The van der Waals surface area contributed by atoms with Crippen LogP contribution in [0.15, 0.2) is 6.20 Å². The Balaban J connectivity index is 2.09. The number of hydrogen-bond donors (Lipinski definition) is 2. The SMILES string of the molecule is Cc1nc(N2CCCCCCC2)ncc1[C@@H](C)NC(=O)C(C)(C)N. The molecule has 0 saturated carbocycles. The molecule has 1 fully saturated rings. The zero-order valence-electron chi connectivity index (χ0n) is 15.4. The summed E-state index contributed by atoms with van der Waals surface area (Å²) < 4.78 is 0. The molecular formula is C18H31N5O. The molecule has 6 nitrogen and oxygen atoms in total. The number of nitrogens with two attached hydrogens (primary N) is 1. The van der Waals surface area contributed by atoms with Crippen molar-refractivity contribution in [3.05, 3.63) is 17.5 Å². The molecule has 2 rings (SSSR count). The Morgan fingerprint density at radius 3 is 2.38 bits per heavy atom. The van der Waals surface area contributed by atoms with Crippen LogP contribution in [0, 0.1) is 6.92 Å². The first-order valence-corrected chi connectivity index (χ1v) is 8.97. The number of aromatic nitrogens is 2. The van der Waals surface area contributed by atoms with Crippen LogP contribution in [0.1, 0.15) is 70.2 Å². The Bertz CT molecular complexity index is 559. The molecule has 0 unspecified atom stereocenters. The Morgan fingerprint density at radius 2 is 1.83 bits per heavy atom. The summed E-state index contributed by atoms with van der Waals surface area (Å²) >= 11 is 0. The number of rotatable bonds is 4. The summed E-state index contributed by atoms with van der Waals surface area (Å²) in [5.41, 5.74) is 6.79. The number of nitrogens with one attached hydrogen (secondary N) is 1.